The Kier molecular flexibility index (Phi) is 5.31. The van der Waals surface area contributed by atoms with Gasteiger partial charge < -0.3 is 10.4 Å². The molecule has 0 heterocycles. The number of aryl methyl sites for hydroxylation is 1. The van der Waals surface area contributed by atoms with Crippen molar-refractivity contribution in [3.05, 3.63) is 64.4 Å². The van der Waals surface area contributed by atoms with E-state index in [0.717, 1.165) is 18.1 Å². The number of carbonyl (C=O) groups excluding carboxylic acids is 1. The predicted octanol–water partition coefficient (Wildman–Crippen LogP) is 3.66. The second-order valence-electron chi connectivity index (χ2n) is 4.61. The van der Waals surface area contributed by atoms with Crippen LogP contribution in [-0.4, -0.2) is 17.6 Å². The molecule has 0 unspecified atom stereocenters. The molecule has 2 aromatic rings. The molecule has 0 fully saturated rings. The summed E-state index contributed by atoms with van der Waals surface area (Å²) in [4.78, 5) is 12.1. The smallest absolute Gasteiger partial charge is 0.255 e. The molecule has 0 radical (unpaired) electrons. The molecule has 0 aromatic heterocycles. The van der Waals surface area contributed by atoms with Crippen LogP contribution in [0.25, 0.3) is 0 Å². The summed E-state index contributed by atoms with van der Waals surface area (Å²) in [5.74, 6) is -0.907. The number of nitrogens with one attached hydrogen (secondary N) is 1. The fraction of sp³-hybridized carbons (Fsp3) is 0.188. The summed E-state index contributed by atoms with van der Waals surface area (Å²) < 4.78 is 13.1. The summed E-state index contributed by atoms with van der Waals surface area (Å²) >= 11 is 5.66. The average Bonchev–Trinajstić information content (AvgIpc) is 2.48. The number of aliphatic hydroxyl groups is 1. The molecule has 0 atom stereocenters. The van der Waals surface area contributed by atoms with Gasteiger partial charge in [0.1, 0.15) is 5.82 Å². The minimum absolute atomic E-state index is 0.0839. The first-order chi connectivity index (χ1) is 10.1. The third-order valence-corrected chi connectivity index (χ3v) is 3.28. The van der Waals surface area contributed by atoms with Crippen molar-refractivity contribution < 1.29 is 14.3 Å². The standard InChI is InChI=1S/C16H15ClFNO2/c17-14-10-12(6-7-15(14)18)16(21)19-13-5-1-3-11(9-13)4-2-8-20/h1,3,5-7,9-10,20H,2,4,8H2,(H,19,21). The van der Waals surface area contributed by atoms with E-state index in [4.69, 9.17) is 16.7 Å². The van der Waals surface area contributed by atoms with Crippen molar-refractivity contribution in [1.82, 2.24) is 0 Å². The first-order valence-corrected chi connectivity index (χ1v) is 6.94. The molecule has 3 nitrogen and oxygen atoms in total. The van der Waals surface area contributed by atoms with Crippen LogP contribution in [0.5, 0.6) is 0 Å². The van der Waals surface area contributed by atoms with Crippen LogP contribution in [0.1, 0.15) is 22.3 Å². The molecular weight excluding hydrogens is 293 g/mol. The quantitative estimate of drug-likeness (QED) is 0.885. The average molecular weight is 308 g/mol. The molecule has 2 N–H and O–H groups in total. The van der Waals surface area contributed by atoms with Gasteiger partial charge in [-0.05, 0) is 48.7 Å². The molecule has 0 saturated carbocycles. The van der Waals surface area contributed by atoms with Gasteiger partial charge in [0, 0.05) is 17.9 Å². The number of anilines is 1. The SMILES string of the molecule is O=C(Nc1cccc(CCCO)c1)c1ccc(F)c(Cl)c1. The van der Waals surface area contributed by atoms with Gasteiger partial charge in [-0.15, -0.1) is 0 Å². The van der Waals surface area contributed by atoms with Crippen molar-refractivity contribution in [2.45, 2.75) is 12.8 Å². The summed E-state index contributed by atoms with van der Waals surface area (Å²) in [6, 6.07) is 11.2. The fourth-order valence-corrected chi connectivity index (χ4v) is 2.11. The molecule has 0 bridgehead atoms. The monoisotopic (exact) mass is 307 g/mol. The Hall–Kier alpha value is -1.91. The lowest BCUT2D eigenvalue weighted by molar-refractivity contribution is 0.102. The molecule has 5 heteroatoms. The number of rotatable bonds is 5. The maximum absolute atomic E-state index is 13.1. The number of hydrogen-bond donors (Lipinski definition) is 2. The van der Waals surface area contributed by atoms with Crippen LogP contribution in [-0.2, 0) is 6.42 Å². The van der Waals surface area contributed by atoms with Gasteiger partial charge in [-0.3, -0.25) is 4.79 Å². The molecule has 2 aromatic carbocycles. The van der Waals surface area contributed by atoms with Crippen LogP contribution in [0.4, 0.5) is 10.1 Å². The maximum Gasteiger partial charge on any atom is 0.255 e. The van der Waals surface area contributed by atoms with Gasteiger partial charge in [0.25, 0.3) is 5.91 Å². The van der Waals surface area contributed by atoms with Gasteiger partial charge >= 0.3 is 0 Å². The molecule has 0 aliphatic heterocycles. The molecule has 0 spiro atoms. The Balaban J connectivity index is 2.10. The second-order valence-corrected chi connectivity index (χ2v) is 5.02. The Bertz CT molecular complexity index is 646. The second kappa shape index (κ2) is 7.20. The number of aliphatic hydroxyl groups excluding tert-OH is 1. The molecule has 1 amide bonds. The van der Waals surface area contributed by atoms with E-state index in [1.165, 1.54) is 12.1 Å². The summed E-state index contributed by atoms with van der Waals surface area (Å²) in [7, 11) is 0. The van der Waals surface area contributed by atoms with Crippen molar-refractivity contribution in [2.24, 2.45) is 0 Å². The Morgan fingerprint density at radius 3 is 2.76 bits per heavy atom. The number of hydrogen-bond acceptors (Lipinski definition) is 2. The minimum Gasteiger partial charge on any atom is -0.396 e. The lowest BCUT2D eigenvalue weighted by Gasteiger charge is -2.08. The molecular formula is C16H15ClFNO2. The molecule has 0 aliphatic carbocycles. The third kappa shape index (κ3) is 4.28. The van der Waals surface area contributed by atoms with E-state index >= 15 is 0 Å². The number of amides is 1. The Labute approximate surface area is 127 Å². The zero-order valence-corrected chi connectivity index (χ0v) is 12.0. The summed E-state index contributed by atoms with van der Waals surface area (Å²) in [6.45, 7) is 0.130. The Morgan fingerprint density at radius 2 is 2.05 bits per heavy atom. The van der Waals surface area contributed by atoms with E-state index < -0.39 is 5.82 Å². The predicted molar refractivity (Wildman–Crippen MR) is 81.2 cm³/mol. The van der Waals surface area contributed by atoms with E-state index in [-0.39, 0.29) is 17.5 Å². The fourth-order valence-electron chi connectivity index (χ4n) is 1.93. The summed E-state index contributed by atoms with van der Waals surface area (Å²) in [5.41, 5.74) is 1.97. The van der Waals surface area contributed by atoms with Gasteiger partial charge in [0.05, 0.1) is 5.02 Å². The van der Waals surface area contributed by atoms with Crippen molar-refractivity contribution in [3.8, 4) is 0 Å². The van der Waals surface area contributed by atoms with Gasteiger partial charge in [-0.2, -0.15) is 0 Å². The van der Waals surface area contributed by atoms with Crippen molar-refractivity contribution >= 4 is 23.2 Å². The van der Waals surface area contributed by atoms with Crippen LogP contribution in [0.15, 0.2) is 42.5 Å². The lowest BCUT2D eigenvalue weighted by atomic mass is 10.1. The van der Waals surface area contributed by atoms with E-state index in [1.807, 2.05) is 18.2 Å². The maximum atomic E-state index is 13.1. The first-order valence-electron chi connectivity index (χ1n) is 6.56. The van der Waals surface area contributed by atoms with Crippen LogP contribution in [0, 0.1) is 5.82 Å². The van der Waals surface area contributed by atoms with Gasteiger partial charge in [-0.1, -0.05) is 23.7 Å². The van der Waals surface area contributed by atoms with Gasteiger partial charge in [0.2, 0.25) is 0 Å². The molecule has 2 rings (SSSR count). The number of halogens is 2. The van der Waals surface area contributed by atoms with Crippen molar-refractivity contribution in [3.63, 3.8) is 0 Å². The van der Waals surface area contributed by atoms with Crippen LogP contribution in [0.3, 0.4) is 0 Å². The largest absolute Gasteiger partial charge is 0.396 e. The van der Waals surface area contributed by atoms with Crippen molar-refractivity contribution in [2.75, 3.05) is 11.9 Å². The zero-order valence-electron chi connectivity index (χ0n) is 11.3. The number of carbonyl (C=O) groups is 1. The van der Waals surface area contributed by atoms with E-state index in [0.29, 0.717) is 17.7 Å². The number of benzene rings is 2. The summed E-state index contributed by atoms with van der Waals surface area (Å²) in [6.07, 6.45) is 1.41. The topological polar surface area (TPSA) is 49.3 Å². The molecule has 21 heavy (non-hydrogen) atoms. The van der Waals surface area contributed by atoms with Crippen LogP contribution >= 0.6 is 11.6 Å². The van der Waals surface area contributed by atoms with Crippen LogP contribution < -0.4 is 5.32 Å². The zero-order chi connectivity index (χ0) is 15.2. The normalized spacial score (nSPS) is 10.4. The van der Waals surface area contributed by atoms with Gasteiger partial charge in [0.15, 0.2) is 0 Å². The van der Waals surface area contributed by atoms with Crippen molar-refractivity contribution in [1.29, 1.82) is 0 Å². The van der Waals surface area contributed by atoms with E-state index in [9.17, 15) is 9.18 Å². The minimum atomic E-state index is -0.556. The highest BCUT2D eigenvalue weighted by molar-refractivity contribution is 6.31. The molecule has 0 aliphatic rings. The highest BCUT2D eigenvalue weighted by Gasteiger charge is 2.09. The molecule has 110 valence electrons. The highest BCUT2D eigenvalue weighted by Crippen LogP contribution is 2.18. The first kappa shape index (κ1) is 15.5. The molecule has 0 saturated heterocycles. The lowest BCUT2D eigenvalue weighted by Crippen LogP contribution is -2.12. The van der Waals surface area contributed by atoms with Gasteiger partial charge in [-0.25, -0.2) is 4.39 Å². The highest BCUT2D eigenvalue weighted by atomic mass is 35.5. The van der Waals surface area contributed by atoms with Crippen LogP contribution in [0.2, 0.25) is 5.02 Å². The summed E-state index contributed by atoms with van der Waals surface area (Å²) in [5, 5.41) is 11.5. The van der Waals surface area contributed by atoms with E-state index in [2.05, 4.69) is 5.32 Å². The Morgan fingerprint density at radius 1 is 1.24 bits per heavy atom. The van der Waals surface area contributed by atoms with E-state index in [1.54, 1.807) is 6.07 Å². The third-order valence-electron chi connectivity index (χ3n) is 2.99.